The molecule has 356 valence electrons. The summed E-state index contributed by atoms with van der Waals surface area (Å²) < 4.78 is 57.2. The van der Waals surface area contributed by atoms with Crippen molar-refractivity contribution in [3.8, 4) is 0 Å². The zero-order valence-electron chi connectivity index (χ0n) is 39.0. The minimum Gasteiger partial charge on any atom is -0.481 e. The maximum atomic E-state index is 12.9. The van der Waals surface area contributed by atoms with Crippen LogP contribution >= 0.6 is 0 Å². The predicted octanol–water partition coefficient (Wildman–Crippen LogP) is 8.49. The molecule has 3 fully saturated rings. The molecule has 3 aliphatic heterocycles. The molecule has 0 bridgehead atoms. The molecular formula is C50H72O14. The summed E-state index contributed by atoms with van der Waals surface area (Å²) in [6.45, 7) is 16.5. The fourth-order valence-electron chi connectivity index (χ4n) is 8.84. The third-order valence-corrected chi connectivity index (χ3v) is 13.8. The topological polar surface area (TPSA) is 172 Å². The highest BCUT2D eigenvalue weighted by atomic mass is 16.7. The predicted molar refractivity (Wildman–Crippen MR) is 236 cm³/mol. The van der Waals surface area contributed by atoms with Crippen LogP contribution in [0.15, 0.2) is 60.7 Å². The number of carboxylic acid groups (broad SMARTS) is 1. The molecule has 0 spiro atoms. The lowest BCUT2D eigenvalue weighted by Crippen LogP contribution is -2.60. The van der Waals surface area contributed by atoms with Crippen molar-refractivity contribution in [1.29, 1.82) is 0 Å². The van der Waals surface area contributed by atoms with Gasteiger partial charge in [-0.2, -0.15) is 0 Å². The van der Waals surface area contributed by atoms with Gasteiger partial charge in [-0.1, -0.05) is 111 Å². The number of hydrogen-bond donors (Lipinski definition) is 1. The Bertz CT molecular complexity index is 1740. The second-order valence-electron chi connectivity index (χ2n) is 18.2. The summed E-state index contributed by atoms with van der Waals surface area (Å²) in [5, 5.41) is 8.94. The van der Waals surface area contributed by atoms with Crippen molar-refractivity contribution in [2.45, 2.75) is 150 Å². The van der Waals surface area contributed by atoms with Crippen LogP contribution in [0.1, 0.15) is 121 Å². The molecule has 0 aromatic heterocycles. The van der Waals surface area contributed by atoms with Gasteiger partial charge in [0, 0.05) is 37.7 Å². The molecule has 15 atom stereocenters. The maximum absolute atomic E-state index is 12.9. The van der Waals surface area contributed by atoms with E-state index in [0.29, 0.717) is 24.2 Å². The van der Waals surface area contributed by atoms with Crippen LogP contribution in [0.25, 0.3) is 0 Å². The van der Waals surface area contributed by atoms with Gasteiger partial charge in [0.05, 0.1) is 36.0 Å². The van der Waals surface area contributed by atoms with Gasteiger partial charge in [-0.3, -0.25) is 9.59 Å². The molecule has 14 heteroatoms. The normalized spacial score (nSPS) is 32.9. The number of rotatable bonds is 22. The molecule has 64 heavy (non-hydrogen) atoms. The monoisotopic (exact) mass is 896 g/mol. The first kappa shape index (κ1) is 51.1. The summed E-state index contributed by atoms with van der Waals surface area (Å²) >= 11 is 0. The van der Waals surface area contributed by atoms with Crippen LogP contribution in [-0.2, 0) is 52.2 Å². The number of carboxylic acids is 1. The van der Waals surface area contributed by atoms with Gasteiger partial charge < -0.3 is 47.7 Å². The van der Waals surface area contributed by atoms with Crippen LogP contribution in [-0.4, -0.2) is 105 Å². The van der Waals surface area contributed by atoms with E-state index in [0.717, 1.165) is 32.1 Å². The van der Waals surface area contributed by atoms with Crippen molar-refractivity contribution in [3.05, 3.63) is 71.8 Å². The average molecular weight is 897 g/mol. The van der Waals surface area contributed by atoms with Crippen LogP contribution in [0.5, 0.6) is 0 Å². The number of aliphatic carboxylic acids is 1. The van der Waals surface area contributed by atoms with E-state index in [9.17, 15) is 19.2 Å². The molecule has 14 nitrogen and oxygen atoms in total. The lowest BCUT2D eigenvalue weighted by Gasteiger charge is -2.49. The molecule has 3 heterocycles. The summed E-state index contributed by atoms with van der Waals surface area (Å²) in [6, 6.07) is 17.7. The Morgan fingerprint density at radius 1 is 0.516 bits per heavy atom. The summed E-state index contributed by atoms with van der Waals surface area (Å²) in [5.41, 5.74) is 0.922. The number of benzene rings is 2. The minimum absolute atomic E-state index is 0.000113. The van der Waals surface area contributed by atoms with Crippen LogP contribution in [0.3, 0.4) is 0 Å². The number of carbonyl (C=O) groups excluding carboxylic acids is 3. The largest absolute Gasteiger partial charge is 0.481 e. The van der Waals surface area contributed by atoms with E-state index in [2.05, 4.69) is 41.5 Å². The highest BCUT2D eigenvalue weighted by Crippen LogP contribution is 2.41. The Balaban J connectivity index is 1.30. The van der Waals surface area contributed by atoms with Crippen molar-refractivity contribution in [2.24, 2.45) is 41.4 Å². The van der Waals surface area contributed by atoms with E-state index in [4.69, 9.17) is 47.7 Å². The van der Waals surface area contributed by atoms with Crippen molar-refractivity contribution < 1.29 is 66.9 Å². The summed E-state index contributed by atoms with van der Waals surface area (Å²) in [4.78, 5) is 49.4. The van der Waals surface area contributed by atoms with Gasteiger partial charge >= 0.3 is 23.9 Å². The quantitative estimate of drug-likeness (QED) is 0.0678. The van der Waals surface area contributed by atoms with Gasteiger partial charge in [-0.15, -0.1) is 0 Å². The van der Waals surface area contributed by atoms with Gasteiger partial charge in [0.15, 0.2) is 25.0 Å². The van der Waals surface area contributed by atoms with Crippen LogP contribution < -0.4 is 0 Å². The third-order valence-electron chi connectivity index (χ3n) is 13.8. The molecular weight excluding hydrogens is 825 g/mol. The first-order valence-corrected chi connectivity index (χ1v) is 23.3. The Kier molecular flexibility index (Phi) is 20.0. The molecule has 0 aliphatic carbocycles. The van der Waals surface area contributed by atoms with E-state index in [1.54, 1.807) is 48.5 Å². The Hall–Kier alpha value is -3.92. The van der Waals surface area contributed by atoms with Gasteiger partial charge in [0.25, 0.3) is 0 Å². The van der Waals surface area contributed by atoms with Crippen molar-refractivity contribution >= 4 is 23.9 Å². The second-order valence-corrected chi connectivity index (χ2v) is 18.2. The van der Waals surface area contributed by atoms with E-state index in [-0.39, 0.29) is 61.7 Å². The van der Waals surface area contributed by atoms with Gasteiger partial charge in [-0.05, 0) is 60.8 Å². The lowest BCUT2D eigenvalue weighted by atomic mass is 9.79. The minimum atomic E-state index is -0.999. The number of unbranched alkanes of at least 4 members (excludes halogenated alkanes) is 5. The van der Waals surface area contributed by atoms with Crippen LogP contribution in [0.2, 0.25) is 0 Å². The highest BCUT2D eigenvalue weighted by molar-refractivity contribution is 5.89. The first-order chi connectivity index (χ1) is 30.7. The zero-order chi connectivity index (χ0) is 46.3. The first-order valence-electron chi connectivity index (χ1n) is 23.3. The van der Waals surface area contributed by atoms with Gasteiger partial charge in [-0.25, -0.2) is 9.59 Å². The summed E-state index contributed by atoms with van der Waals surface area (Å²) in [5.74, 6) is -2.21. The van der Waals surface area contributed by atoms with Crippen molar-refractivity contribution in [2.75, 3.05) is 26.4 Å². The smallest absolute Gasteiger partial charge is 0.338 e. The number of esters is 3. The molecule has 3 saturated heterocycles. The number of hydrogen-bond acceptors (Lipinski definition) is 13. The van der Waals surface area contributed by atoms with Crippen molar-refractivity contribution in [3.63, 3.8) is 0 Å². The van der Waals surface area contributed by atoms with E-state index >= 15 is 0 Å². The molecule has 2 aromatic rings. The zero-order valence-corrected chi connectivity index (χ0v) is 39.0. The summed E-state index contributed by atoms with van der Waals surface area (Å²) in [7, 11) is 0. The molecule has 5 rings (SSSR count). The Labute approximate surface area is 379 Å². The molecule has 1 N–H and O–H groups in total. The Morgan fingerprint density at radius 3 is 1.52 bits per heavy atom. The van der Waals surface area contributed by atoms with E-state index in [1.807, 2.05) is 19.1 Å². The summed E-state index contributed by atoms with van der Waals surface area (Å²) in [6.07, 6.45) is -0.416. The Morgan fingerprint density at radius 2 is 0.984 bits per heavy atom. The van der Waals surface area contributed by atoms with Gasteiger partial charge in [0.1, 0.15) is 19.3 Å². The van der Waals surface area contributed by atoms with Crippen LogP contribution in [0.4, 0.5) is 0 Å². The SMILES string of the molecule is CC(=O)OC1C(OCCCCCCCCC(=O)O)OC(COC2OC(COC(=O)c3ccccc3)C(C)C(C)C2C)C(C)C1OC1OC(COC(=O)c2ccccc2)C(C)C(C)C1C. The molecule has 0 saturated carbocycles. The number of ether oxygens (including phenoxy) is 9. The lowest BCUT2D eigenvalue weighted by molar-refractivity contribution is -0.345. The fourth-order valence-corrected chi connectivity index (χ4v) is 8.84. The fraction of sp³-hybridized carbons (Fsp3) is 0.680. The molecule has 15 unspecified atom stereocenters. The molecule has 0 radical (unpaired) electrons. The van der Waals surface area contributed by atoms with Crippen molar-refractivity contribution in [1.82, 2.24) is 0 Å². The standard InChI is InChI=1S/C50H72O14/c1-30-32(3)40(27-57-46(54)38-21-15-13-16-22-38)61-48(34(30)5)59-29-42-36(7)44(45(60-37(8)51)50(63-42)56-26-20-12-10-9-11-19-25-43(52)53)64-49-35(6)31(2)33(4)41(62-49)28-58-47(55)39-23-17-14-18-24-39/h13-18,21-24,30-36,40-42,44-45,48-50H,9-12,19-20,25-29H2,1-8H3,(H,52,53). The third kappa shape index (κ3) is 14.3. The second kappa shape index (κ2) is 25.1. The van der Waals surface area contributed by atoms with E-state index < -0.39 is 79.2 Å². The number of carbonyl (C=O) groups is 4. The maximum Gasteiger partial charge on any atom is 0.338 e. The van der Waals surface area contributed by atoms with Gasteiger partial charge in [0.2, 0.25) is 0 Å². The molecule has 2 aromatic carbocycles. The van der Waals surface area contributed by atoms with Crippen LogP contribution in [0, 0.1) is 41.4 Å². The molecule has 3 aliphatic rings. The average Bonchev–Trinajstić information content (AvgIpc) is 3.28. The highest BCUT2D eigenvalue weighted by Gasteiger charge is 2.51. The van der Waals surface area contributed by atoms with E-state index in [1.165, 1.54) is 6.92 Å². The molecule has 0 amide bonds.